The molecule has 122 valence electrons. The Morgan fingerprint density at radius 2 is 1.88 bits per heavy atom. The topological polar surface area (TPSA) is 58.9 Å². The molecule has 0 fully saturated rings. The van der Waals surface area contributed by atoms with Crippen molar-refractivity contribution < 1.29 is 14.6 Å². The summed E-state index contributed by atoms with van der Waals surface area (Å²) in [6.07, 6.45) is -0.825. The summed E-state index contributed by atoms with van der Waals surface area (Å²) in [5.74, 6) is -0.786. The lowest BCUT2D eigenvalue weighted by Crippen LogP contribution is -2.07. The number of ether oxygens (including phenoxy) is 1. The first-order valence-corrected chi connectivity index (χ1v) is 7.92. The minimum atomic E-state index is -0.825. The highest BCUT2D eigenvalue weighted by atomic mass is 35.5. The molecule has 1 heterocycles. The summed E-state index contributed by atoms with van der Waals surface area (Å²) >= 11 is 12.0. The highest BCUT2D eigenvalue weighted by Crippen LogP contribution is 2.35. The molecule has 0 aromatic heterocycles. The van der Waals surface area contributed by atoms with E-state index in [9.17, 15) is 9.90 Å². The molecule has 0 saturated heterocycles. The third kappa shape index (κ3) is 3.16. The average Bonchev–Trinajstić information content (AvgIpc) is 2.86. The SMILES string of the molecule is CC(=Nc1cc(Cl)ccc1Cl)C1=C(O)[C@@H](c2ccccc2)OC1=O. The lowest BCUT2D eigenvalue weighted by atomic mass is 10.0. The fraction of sp³-hybridized carbons (Fsp3) is 0.111. The van der Waals surface area contributed by atoms with Crippen molar-refractivity contribution in [2.24, 2.45) is 4.99 Å². The summed E-state index contributed by atoms with van der Waals surface area (Å²) in [6.45, 7) is 1.61. The predicted molar refractivity (Wildman–Crippen MR) is 94.2 cm³/mol. The standard InChI is InChI=1S/C18H13Cl2NO3/c1-10(21-14-9-12(19)7-8-13(14)20)15-16(22)17(24-18(15)23)11-5-3-2-4-6-11/h2-9,17,22H,1H3/t17-/m1/s1. The summed E-state index contributed by atoms with van der Waals surface area (Å²) in [5.41, 5.74) is 1.45. The van der Waals surface area contributed by atoms with E-state index in [1.54, 1.807) is 49.4 Å². The van der Waals surface area contributed by atoms with E-state index in [1.165, 1.54) is 0 Å². The summed E-state index contributed by atoms with van der Waals surface area (Å²) in [4.78, 5) is 16.5. The van der Waals surface area contributed by atoms with E-state index in [0.717, 1.165) is 0 Å². The van der Waals surface area contributed by atoms with E-state index in [1.807, 2.05) is 6.07 Å². The van der Waals surface area contributed by atoms with Crippen LogP contribution in [0, 0.1) is 0 Å². The first-order chi connectivity index (χ1) is 11.5. The number of aliphatic hydroxyl groups is 1. The lowest BCUT2D eigenvalue weighted by molar-refractivity contribution is -0.140. The maximum Gasteiger partial charge on any atom is 0.344 e. The highest BCUT2D eigenvalue weighted by molar-refractivity contribution is 6.35. The van der Waals surface area contributed by atoms with Crippen molar-refractivity contribution in [1.29, 1.82) is 0 Å². The van der Waals surface area contributed by atoms with Crippen LogP contribution in [0.15, 0.2) is 64.9 Å². The number of rotatable bonds is 3. The molecular formula is C18H13Cl2NO3. The summed E-state index contributed by atoms with van der Waals surface area (Å²) in [7, 11) is 0. The van der Waals surface area contributed by atoms with Gasteiger partial charge in [-0.3, -0.25) is 4.99 Å². The van der Waals surface area contributed by atoms with Gasteiger partial charge in [0.15, 0.2) is 11.9 Å². The maximum absolute atomic E-state index is 12.2. The first-order valence-electron chi connectivity index (χ1n) is 7.17. The molecule has 24 heavy (non-hydrogen) atoms. The predicted octanol–water partition coefficient (Wildman–Crippen LogP) is 5.20. The number of nitrogens with zero attached hydrogens (tertiary/aromatic N) is 1. The molecule has 0 spiro atoms. The number of esters is 1. The Morgan fingerprint density at radius 1 is 1.17 bits per heavy atom. The van der Waals surface area contributed by atoms with Crippen LogP contribution in [-0.4, -0.2) is 16.8 Å². The molecule has 1 N–H and O–H groups in total. The molecule has 0 bridgehead atoms. The second-order valence-electron chi connectivity index (χ2n) is 5.25. The third-order valence-corrected chi connectivity index (χ3v) is 4.15. The molecule has 4 nitrogen and oxygen atoms in total. The van der Waals surface area contributed by atoms with Crippen LogP contribution in [0.1, 0.15) is 18.6 Å². The number of carbonyl (C=O) groups excluding carboxylic acids is 1. The second kappa shape index (κ2) is 6.67. The van der Waals surface area contributed by atoms with Gasteiger partial charge in [0, 0.05) is 10.6 Å². The Labute approximate surface area is 149 Å². The Bertz CT molecular complexity index is 860. The molecule has 0 saturated carbocycles. The van der Waals surface area contributed by atoms with Crippen LogP contribution < -0.4 is 0 Å². The number of halogens is 2. The Hall–Kier alpha value is -2.30. The highest BCUT2D eigenvalue weighted by Gasteiger charge is 2.36. The van der Waals surface area contributed by atoms with Gasteiger partial charge in [0.25, 0.3) is 0 Å². The van der Waals surface area contributed by atoms with Crippen LogP contribution in [0.4, 0.5) is 5.69 Å². The second-order valence-corrected chi connectivity index (χ2v) is 6.09. The van der Waals surface area contributed by atoms with Gasteiger partial charge in [-0.2, -0.15) is 0 Å². The number of aliphatic hydroxyl groups excluding tert-OH is 1. The molecule has 1 atom stereocenters. The number of aliphatic imine (C=N–C) groups is 1. The number of cyclic esters (lactones) is 1. The van der Waals surface area contributed by atoms with E-state index in [2.05, 4.69) is 4.99 Å². The van der Waals surface area contributed by atoms with Crippen molar-refractivity contribution in [1.82, 2.24) is 0 Å². The average molecular weight is 362 g/mol. The van der Waals surface area contributed by atoms with Crippen molar-refractivity contribution >= 4 is 40.6 Å². The number of benzene rings is 2. The maximum atomic E-state index is 12.2. The van der Waals surface area contributed by atoms with Crippen LogP contribution >= 0.6 is 23.2 Å². The van der Waals surface area contributed by atoms with E-state index in [4.69, 9.17) is 27.9 Å². The summed E-state index contributed by atoms with van der Waals surface area (Å²) in [6, 6.07) is 13.8. The molecule has 1 aliphatic heterocycles. The normalized spacial score (nSPS) is 18.0. The zero-order chi connectivity index (χ0) is 17.3. The van der Waals surface area contributed by atoms with E-state index >= 15 is 0 Å². The van der Waals surface area contributed by atoms with Crippen LogP contribution in [0.5, 0.6) is 0 Å². The minimum absolute atomic E-state index is 0.0416. The van der Waals surface area contributed by atoms with Crippen molar-refractivity contribution in [2.45, 2.75) is 13.0 Å². The van der Waals surface area contributed by atoms with Crippen LogP contribution in [-0.2, 0) is 9.53 Å². The van der Waals surface area contributed by atoms with Gasteiger partial charge >= 0.3 is 5.97 Å². The lowest BCUT2D eigenvalue weighted by Gasteiger charge is -2.09. The molecule has 6 heteroatoms. The first kappa shape index (κ1) is 16.6. The fourth-order valence-electron chi connectivity index (χ4n) is 2.45. The molecule has 0 amide bonds. The Balaban J connectivity index is 2.00. The summed E-state index contributed by atoms with van der Waals surface area (Å²) in [5, 5.41) is 11.3. The molecule has 1 aliphatic rings. The molecular weight excluding hydrogens is 349 g/mol. The number of carbonyl (C=O) groups is 1. The Morgan fingerprint density at radius 3 is 2.58 bits per heavy atom. The van der Waals surface area contributed by atoms with Crippen molar-refractivity contribution in [3.8, 4) is 0 Å². The largest absolute Gasteiger partial charge is 0.507 e. The van der Waals surface area contributed by atoms with Gasteiger partial charge in [0.2, 0.25) is 0 Å². The third-order valence-electron chi connectivity index (χ3n) is 3.59. The van der Waals surface area contributed by atoms with E-state index in [0.29, 0.717) is 27.0 Å². The van der Waals surface area contributed by atoms with Crippen LogP contribution in [0.25, 0.3) is 0 Å². The zero-order valence-electron chi connectivity index (χ0n) is 12.7. The van der Waals surface area contributed by atoms with Crippen molar-refractivity contribution in [3.05, 3.63) is 75.5 Å². The molecule has 0 aliphatic carbocycles. The van der Waals surface area contributed by atoms with Gasteiger partial charge in [-0.05, 0) is 25.1 Å². The van der Waals surface area contributed by atoms with Crippen molar-refractivity contribution in [2.75, 3.05) is 0 Å². The zero-order valence-corrected chi connectivity index (χ0v) is 14.2. The monoisotopic (exact) mass is 361 g/mol. The van der Waals surface area contributed by atoms with E-state index < -0.39 is 12.1 Å². The quantitative estimate of drug-likeness (QED) is 0.603. The van der Waals surface area contributed by atoms with Gasteiger partial charge in [0.1, 0.15) is 5.57 Å². The smallest absolute Gasteiger partial charge is 0.344 e. The summed E-state index contributed by atoms with van der Waals surface area (Å²) < 4.78 is 5.28. The molecule has 0 radical (unpaired) electrons. The van der Waals surface area contributed by atoms with Gasteiger partial charge in [0.05, 0.1) is 16.4 Å². The van der Waals surface area contributed by atoms with Crippen molar-refractivity contribution in [3.63, 3.8) is 0 Å². The van der Waals surface area contributed by atoms with Crippen LogP contribution in [0.2, 0.25) is 10.0 Å². The number of hydrogen-bond donors (Lipinski definition) is 1. The van der Waals surface area contributed by atoms with Gasteiger partial charge in [-0.15, -0.1) is 0 Å². The van der Waals surface area contributed by atoms with Gasteiger partial charge in [-0.1, -0.05) is 53.5 Å². The Kier molecular flexibility index (Phi) is 4.60. The van der Waals surface area contributed by atoms with E-state index in [-0.39, 0.29) is 11.3 Å². The van der Waals surface area contributed by atoms with Gasteiger partial charge < -0.3 is 9.84 Å². The molecule has 2 aromatic carbocycles. The number of hydrogen-bond acceptors (Lipinski definition) is 4. The minimum Gasteiger partial charge on any atom is -0.507 e. The molecule has 3 rings (SSSR count). The molecule has 0 unspecified atom stereocenters. The molecule has 2 aromatic rings. The van der Waals surface area contributed by atoms with Gasteiger partial charge in [-0.25, -0.2) is 4.79 Å². The van der Waals surface area contributed by atoms with Crippen LogP contribution in [0.3, 0.4) is 0 Å². The fourth-order valence-corrected chi connectivity index (χ4v) is 2.78.